The first kappa shape index (κ1) is 8.74. The van der Waals surface area contributed by atoms with Gasteiger partial charge in [0.1, 0.15) is 0 Å². The molecule has 3 radical (unpaired) electrons. The summed E-state index contributed by atoms with van der Waals surface area (Å²) in [6.45, 7) is 0. The fraction of sp³-hybridized carbons (Fsp3) is 0.143. The molecular weight excluding hydrogens is 319 g/mol. The van der Waals surface area contributed by atoms with Crippen LogP contribution in [-0.4, -0.2) is 10.2 Å². The van der Waals surface area contributed by atoms with Gasteiger partial charge in [-0.25, -0.2) is 0 Å². The van der Waals surface area contributed by atoms with Gasteiger partial charge in [-0.2, -0.15) is 0 Å². The third-order valence-corrected chi connectivity index (χ3v) is 4.28. The molecular formula is C7H5BrISi. The van der Waals surface area contributed by atoms with Gasteiger partial charge in [-0.3, -0.25) is 0 Å². The Balaban J connectivity index is 3.14. The van der Waals surface area contributed by atoms with Gasteiger partial charge >= 0.3 is 0 Å². The second kappa shape index (κ2) is 3.87. The zero-order chi connectivity index (χ0) is 7.56. The Morgan fingerprint density at radius 3 is 2.70 bits per heavy atom. The molecule has 1 aromatic rings. The highest BCUT2D eigenvalue weighted by Gasteiger charge is 1.98. The van der Waals surface area contributed by atoms with E-state index in [1.165, 1.54) is 13.6 Å². The van der Waals surface area contributed by atoms with Gasteiger partial charge in [0.2, 0.25) is 0 Å². The van der Waals surface area contributed by atoms with Crippen molar-refractivity contribution in [3.63, 3.8) is 0 Å². The van der Waals surface area contributed by atoms with Crippen LogP contribution in [0.3, 0.4) is 0 Å². The minimum Gasteiger partial charge on any atom is -0.0608 e. The van der Waals surface area contributed by atoms with Crippen molar-refractivity contribution < 1.29 is 0 Å². The lowest BCUT2D eigenvalue weighted by atomic mass is 10.2. The van der Waals surface area contributed by atoms with Crippen LogP contribution in [0.15, 0.2) is 22.7 Å². The maximum Gasteiger partial charge on any atom is 0.0311 e. The van der Waals surface area contributed by atoms with Crippen molar-refractivity contribution >= 4 is 48.8 Å². The van der Waals surface area contributed by atoms with E-state index in [0.29, 0.717) is 0 Å². The van der Waals surface area contributed by atoms with Gasteiger partial charge in [-0.15, -0.1) is 0 Å². The summed E-state index contributed by atoms with van der Waals surface area (Å²) in [6.07, 6.45) is 0. The summed E-state index contributed by atoms with van der Waals surface area (Å²) < 4.78 is 2.46. The maximum atomic E-state index is 3.46. The van der Waals surface area contributed by atoms with E-state index in [1.807, 2.05) is 12.1 Å². The average Bonchev–Trinajstić information content (AvgIpc) is 1.95. The van der Waals surface area contributed by atoms with Crippen molar-refractivity contribution in [2.24, 2.45) is 0 Å². The van der Waals surface area contributed by atoms with Crippen molar-refractivity contribution in [1.29, 1.82) is 0 Å². The van der Waals surface area contributed by atoms with E-state index in [4.69, 9.17) is 0 Å². The molecule has 0 heterocycles. The van der Waals surface area contributed by atoms with Gasteiger partial charge in [0.05, 0.1) is 0 Å². The minimum atomic E-state index is 0.914. The van der Waals surface area contributed by atoms with E-state index >= 15 is 0 Å². The predicted octanol–water partition coefficient (Wildman–Crippen LogP) is 2.72. The molecule has 3 heteroatoms. The molecule has 51 valence electrons. The molecule has 0 aromatic heterocycles. The van der Waals surface area contributed by atoms with Gasteiger partial charge in [-0.1, -0.05) is 12.1 Å². The summed E-state index contributed by atoms with van der Waals surface area (Å²) in [4.78, 5) is 0. The number of benzene rings is 1. The fourth-order valence-corrected chi connectivity index (χ4v) is 2.30. The molecule has 0 fully saturated rings. The molecule has 0 saturated heterocycles. The van der Waals surface area contributed by atoms with Gasteiger partial charge in [0.15, 0.2) is 0 Å². The molecule has 0 saturated carbocycles. The largest absolute Gasteiger partial charge is 0.0608 e. The molecule has 1 rings (SSSR count). The molecule has 10 heavy (non-hydrogen) atoms. The van der Waals surface area contributed by atoms with Crippen molar-refractivity contribution in [3.8, 4) is 0 Å². The Kier molecular flexibility index (Phi) is 3.39. The standard InChI is InChI=1S/C7H5BrISi/c8-6-3-1-2-5(4-10)7(6)9/h1-3H,4H2. The zero-order valence-corrected chi connectivity index (χ0v) is 9.94. The number of hydrogen-bond donors (Lipinski definition) is 0. The van der Waals surface area contributed by atoms with E-state index in [9.17, 15) is 0 Å². The Labute approximate surface area is 86.1 Å². The third-order valence-electron chi connectivity index (χ3n) is 1.22. The number of hydrogen-bond acceptors (Lipinski definition) is 0. The Morgan fingerprint density at radius 2 is 2.20 bits per heavy atom. The topological polar surface area (TPSA) is 0 Å². The highest BCUT2D eigenvalue weighted by atomic mass is 127. The second-order valence-corrected chi connectivity index (χ2v) is 4.18. The van der Waals surface area contributed by atoms with Crippen LogP contribution in [0.25, 0.3) is 0 Å². The number of halogens is 2. The quantitative estimate of drug-likeness (QED) is 0.550. The first-order valence-corrected chi connectivity index (χ1v) is 5.41. The molecule has 0 aliphatic heterocycles. The van der Waals surface area contributed by atoms with Gasteiger partial charge < -0.3 is 0 Å². The fourth-order valence-electron chi connectivity index (χ4n) is 0.685. The Bertz CT molecular complexity index is 237. The summed E-state index contributed by atoms with van der Waals surface area (Å²) in [6, 6.07) is 7.12. The van der Waals surface area contributed by atoms with E-state index in [2.05, 4.69) is 54.8 Å². The lowest BCUT2D eigenvalue weighted by molar-refractivity contribution is 1.35. The Morgan fingerprint density at radius 1 is 1.50 bits per heavy atom. The van der Waals surface area contributed by atoms with E-state index in [0.717, 1.165) is 6.04 Å². The van der Waals surface area contributed by atoms with Crippen molar-refractivity contribution in [2.45, 2.75) is 6.04 Å². The van der Waals surface area contributed by atoms with E-state index in [-0.39, 0.29) is 0 Å². The lowest BCUT2D eigenvalue weighted by Gasteiger charge is -2.01. The number of rotatable bonds is 1. The highest BCUT2D eigenvalue weighted by molar-refractivity contribution is 14.1. The molecule has 0 spiro atoms. The maximum absolute atomic E-state index is 3.46. The molecule has 1 aromatic carbocycles. The van der Waals surface area contributed by atoms with Crippen LogP contribution in [0.1, 0.15) is 5.56 Å². The van der Waals surface area contributed by atoms with Gasteiger partial charge in [-0.05, 0) is 56.2 Å². The van der Waals surface area contributed by atoms with Crippen LogP contribution >= 0.6 is 38.5 Å². The molecule has 0 atom stereocenters. The highest BCUT2D eigenvalue weighted by Crippen LogP contribution is 2.21. The Hall–Kier alpha value is 0.647. The third kappa shape index (κ3) is 1.82. The average molecular weight is 324 g/mol. The normalized spacial score (nSPS) is 9.90. The first-order chi connectivity index (χ1) is 4.75. The predicted molar refractivity (Wildman–Crippen MR) is 56.3 cm³/mol. The zero-order valence-electron chi connectivity index (χ0n) is 5.20. The molecule has 0 aliphatic carbocycles. The van der Waals surface area contributed by atoms with Crippen LogP contribution in [0, 0.1) is 3.57 Å². The van der Waals surface area contributed by atoms with Crippen LogP contribution in [0.2, 0.25) is 0 Å². The summed E-state index contributed by atoms with van der Waals surface area (Å²) in [5, 5.41) is 0. The SMILES string of the molecule is [Si]Cc1cccc(Br)c1I. The second-order valence-electron chi connectivity index (χ2n) is 1.89. The van der Waals surface area contributed by atoms with Crippen molar-refractivity contribution in [3.05, 3.63) is 31.8 Å². The summed E-state index contributed by atoms with van der Waals surface area (Å²) >= 11 is 5.78. The van der Waals surface area contributed by atoms with Crippen LogP contribution in [0.4, 0.5) is 0 Å². The van der Waals surface area contributed by atoms with Crippen molar-refractivity contribution in [1.82, 2.24) is 0 Å². The lowest BCUT2D eigenvalue weighted by Crippen LogP contribution is -1.88. The molecule has 0 nitrogen and oxygen atoms in total. The summed E-state index contributed by atoms with van der Waals surface area (Å²) in [7, 11) is 3.46. The summed E-state index contributed by atoms with van der Waals surface area (Å²) in [5.41, 5.74) is 1.33. The van der Waals surface area contributed by atoms with Gasteiger partial charge in [0, 0.05) is 18.3 Å². The smallest absolute Gasteiger partial charge is 0.0311 e. The minimum absolute atomic E-state index is 0.914. The monoisotopic (exact) mass is 323 g/mol. The van der Waals surface area contributed by atoms with E-state index < -0.39 is 0 Å². The molecule has 0 N–H and O–H groups in total. The molecule has 0 aliphatic rings. The van der Waals surface area contributed by atoms with E-state index in [1.54, 1.807) is 0 Å². The molecule has 0 amide bonds. The molecule has 0 bridgehead atoms. The summed E-state index contributed by atoms with van der Waals surface area (Å²) in [5.74, 6) is 0. The first-order valence-electron chi connectivity index (χ1n) is 2.83. The molecule has 0 unspecified atom stereocenters. The van der Waals surface area contributed by atoms with Crippen LogP contribution < -0.4 is 0 Å². The van der Waals surface area contributed by atoms with Crippen molar-refractivity contribution in [2.75, 3.05) is 0 Å². The van der Waals surface area contributed by atoms with Crippen LogP contribution in [0.5, 0.6) is 0 Å². The van der Waals surface area contributed by atoms with Crippen LogP contribution in [-0.2, 0) is 6.04 Å². The van der Waals surface area contributed by atoms with Gasteiger partial charge in [0.25, 0.3) is 0 Å².